The first-order valence-corrected chi connectivity index (χ1v) is 3.44. The number of aromatic nitrogens is 2. The summed E-state index contributed by atoms with van der Waals surface area (Å²) in [4.78, 5) is 7.31. The van der Waals surface area contributed by atoms with Gasteiger partial charge >= 0.3 is 0 Å². The first-order valence-electron chi connectivity index (χ1n) is 3.44. The molecular formula is C6H10N4. The molecule has 0 bridgehead atoms. The number of anilines is 1. The summed E-state index contributed by atoms with van der Waals surface area (Å²) >= 11 is 0. The van der Waals surface area contributed by atoms with E-state index in [-0.39, 0.29) is 0 Å². The van der Waals surface area contributed by atoms with Crippen LogP contribution in [0.2, 0.25) is 0 Å². The average molecular weight is 138 g/mol. The fourth-order valence-electron chi connectivity index (χ4n) is 1.36. The van der Waals surface area contributed by atoms with Gasteiger partial charge in [-0.1, -0.05) is 0 Å². The van der Waals surface area contributed by atoms with Gasteiger partial charge in [-0.05, 0) is 19.3 Å². The molecule has 0 aliphatic heterocycles. The van der Waals surface area contributed by atoms with Gasteiger partial charge in [0.25, 0.3) is 0 Å². The Bertz CT molecular complexity index is 218. The highest BCUT2D eigenvalue weighted by Crippen LogP contribution is 2.19. The molecule has 0 radical (unpaired) electrons. The van der Waals surface area contributed by atoms with Crippen molar-refractivity contribution >= 4 is 5.95 Å². The molecule has 0 atom stereocenters. The van der Waals surface area contributed by atoms with Crippen LogP contribution in [-0.2, 0) is 12.8 Å². The number of nitrogen functional groups attached to an aromatic ring is 1. The number of nitrogens with one attached hydrogen (secondary N) is 2. The first-order chi connectivity index (χ1) is 4.90. The van der Waals surface area contributed by atoms with Crippen molar-refractivity contribution in [3.63, 3.8) is 0 Å². The van der Waals surface area contributed by atoms with Gasteiger partial charge in [0.2, 0.25) is 5.95 Å². The summed E-state index contributed by atoms with van der Waals surface area (Å²) in [6.45, 7) is 0. The second kappa shape index (κ2) is 1.98. The summed E-state index contributed by atoms with van der Waals surface area (Å²) in [6.07, 6.45) is 3.43. The van der Waals surface area contributed by atoms with Crippen LogP contribution in [0.4, 0.5) is 5.95 Å². The van der Waals surface area contributed by atoms with Crippen molar-refractivity contribution in [3.8, 4) is 0 Å². The SMILES string of the molecule is NNc1nc2c([nH]1)CCC2. The smallest absolute Gasteiger partial charge is 0.215 e. The normalized spacial score (nSPS) is 15.3. The quantitative estimate of drug-likeness (QED) is 0.383. The maximum Gasteiger partial charge on any atom is 0.215 e. The topological polar surface area (TPSA) is 66.7 Å². The van der Waals surface area contributed by atoms with Crippen LogP contribution in [-0.4, -0.2) is 9.97 Å². The molecular weight excluding hydrogens is 128 g/mol. The summed E-state index contributed by atoms with van der Waals surface area (Å²) in [5.41, 5.74) is 4.91. The summed E-state index contributed by atoms with van der Waals surface area (Å²) in [6, 6.07) is 0. The standard InChI is InChI=1S/C6H10N4/c7-10-6-8-4-2-1-3-5(4)9-6/h1-3,7H2,(H2,8,9,10). The lowest BCUT2D eigenvalue weighted by atomic mass is 10.4. The zero-order chi connectivity index (χ0) is 6.97. The number of imidazole rings is 1. The molecule has 2 rings (SSSR count). The fraction of sp³-hybridized carbons (Fsp3) is 0.500. The molecule has 1 aromatic rings. The van der Waals surface area contributed by atoms with Crippen LogP contribution in [0.25, 0.3) is 0 Å². The number of H-pyrrole nitrogens is 1. The van der Waals surface area contributed by atoms with Gasteiger partial charge in [-0.2, -0.15) is 0 Å². The summed E-state index contributed by atoms with van der Waals surface area (Å²) in [7, 11) is 0. The van der Waals surface area contributed by atoms with Crippen molar-refractivity contribution in [2.45, 2.75) is 19.3 Å². The van der Waals surface area contributed by atoms with Crippen LogP contribution >= 0.6 is 0 Å². The van der Waals surface area contributed by atoms with E-state index in [2.05, 4.69) is 15.4 Å². The maximum atomic E-state index is 5.17. The monoisotopic (exact) mass is 138 g/mol. The molecule has 1 heterocycles. The summed E-state index contributed by atoms with van der Waals surface area (Å²) in [5, 5.41) is 0. The first kappa shape index (κ1) is 5.73. The van der Waals surface area contributed by atoms with Crippen molar-refractivity contribution in [2.75, 3.05) is 5.43 Å². The minimum Gasteiger partial charge on any atom is -0.327 e. The van der Waals surface area contributed by atoms with Gasteiger partial charge in [0.15, 0.2) is 0 Å². The number of rotatable bonds is 1. The van der Waals surface area contributed by atoms with Gasteiger partial charge in [0.05, 0.1) is 5.69 Å². The Labute approximate surface area is 58.8 Å². The Balaban J connectivity index is 2.37. The number of hydrazine groups is 1. The number of aromatic amines is 1. The number of hydrogen-bond donors (Lipinski definition) is 3. The predicted octanol–water partition coefficient (Wildman–Crippen LogP) is 0.184. The third-order valence-electron chi connectivity index (χ3n) is 1.84. The van der Waals surface area contributed by atoms with Crippen LogP contribution < -0.4 is 11.3 Å². The third-order valence-corrected chi connectivity index (χ3v) is 1.84. The molecule has 0 saturated heterocycles. The molecule has 0 aromatic carbocycles. The maximum absolute atomic E-state index is 5.17. The zero-order valence-corrected chi connectivity index (χ0v) is 5.65. The third kappa shape index (κ3) is 0.690. The number of nitrogens with zero attached hydrogens (tertiary/aromatic N) is 1. The largest absolute Gasteiger partial charge is 0.327 e. The van der Waals surface area contributed by atoms with Crippen LogP contribution in [0.15, 0.2) is 0 Å². The Morgan fingerprint density at radius 2 is 2.40 bits per heavy atom. The van der Waals surface area contributed by atoms with Crippen LogP contribution in [0.1, 0.15) is 17.8 Å². The second-order valence-corrected chi connectivity index (χ2v) is 2.51. The van der Waals surface area contributed by atoms with Crippen molar-refractivity contribution in [2.24, 2.45) is 5.84 Å². The highest BCUT2D eigenvalue weighted by atomic mass is 15.3. The Morgan fingerprint density at radius 1 is 1.50 bits per heavy atom. The molecule has 0 amide bonds. The van der Waals surface area contributed by atoms with Gasteiger partial charge < -0.3 is 4.98 Å². The van der Waals surface area contributed by atoms with E-state index >= 15 is 0 Å². The Kier molecular flexibility index (Phi) is 1.14. The van der Waals surface area contributed by atoms with E-state index in [0.717, 1.165) is 12.8 Å². The van der Waals surface area contributed by atoms with E-state index in [1.807, 2.05) is 0 Å². The van der Waals surface area contributed by atoms with E-state index in [0.29, 0.717) is 5.95 Å². The molecule has 0 fully saturated rings. The van der Waals surface area contributed by atoms with Gasteiger partial charge in [-0.3, -0.25) is 5.43 Å². The van der Waals surface area contributed by atoms with Crippen molar-refractivity contribution in [1.82, 2.24) is 9.97 Å². The van der Waals surface area contributed by atoms with Gasteiger partial charge in [-0.25, -0.2) is 10.8 Å². The molecule has 1 aliphatic carbocycles. The minimum absolute atomic E-state index is 0.685. The van der Waals surface area contributed by atoms with E-state index in [4.69, 9.17) is 5.84 Å². The van der Waals surface area contributed by atoms with Crippen LogP contribution in [0, 0.1) is 0 Å². The minimum atomic E-state index is 0.685. The number of fused-ring (bicyclic) bond motifs is 1. The van der Waals surface area contributed by atoms with Gasteiger partial charge in [0, 0.05) is 5.69 Å². The zero-order valence-electron chi connectivity index (χ0n) is 5.65. The lowest BCUT2D eigenvalue weighted by Gasteiger charge is -1.90. The second-order valence-electron chi connectivity index (χ2n) is 2.51. The molecule has 1 aromatic heterocycles. The molecule has 0 saturated carbocycles. The van der Waals surface area contributed by atoms with Gasteiger partial charge in [-0.15, -0.1) is 0 Å². The molecule has 10 heavy (non-hydrogen) atoms. The number of aryl methyl sites for hydroxylation is 2. The lowest BCUT2D eigenvalue weighted by Crippen LogP contribution is -2.08. The number of nitrogens with two attached hydrogens (primary N) is 1. The molecule has 4 nitrogen and oxygen atoms in total. The van der Waals surface area contributed by atoms with Crippen molar-refractivity contribution in [3.05, 3.63) is 11.4 Å². The van der Waals surface area contributed by atoms with Crippen LogP contribution in [0.3, 0.4) is 0 Å². The molecule has 0 spiro atoms. The van der Waals surface area contributed by atoms with E-state index in [1.54, 1.807) is 0 Å². The molecule has 0 unspecified atom stereocenters. The van der Waals surface area contributed by atoms with Crippen molar-refractivity contribution in [1.29, 1.82) is 0 Å². The molecule has 4 N–H and O–H groups in total. The van der Waals surface area contributed by atoms with E-state index < -0.39 is 0 Å². The van der Waals surface area contributed by atoms with E-state index in [1.165, 1.54) is 17.8 Å². The van der Waals surface area contributed by atoms with Crippen LogP contribution in [0.5, 0.6) is 0 Å². The number of hydrogen-bond acceptors (Lipinski definition) is 3. The Morgan fingerprint density at radius 3 is 3.10 bits per heavy atom. The highest BCUT2D eigenvalue weighted by molar-refractivity contribution is 5.32. The Hall–Kier alpha value is -1.03. The highest BCUT2D eigenvalue weighted by Gasteiger charge is 2.14. The van der Waals surface area contributed by atoms with Crippen molar-refractivity contribution < 1.29 is 0 Å². The van der Waals surface area contributed by atoms with E-state index in [9.17, 15) is 0 Å². The fourth-order valence-corrected chi connectivity index (χ4v) is 1.36. The lowest BCUT2D eigenvalue weighted by molar-refractivity contribution is 0.876. The summed E-state index contributed by atoms with van der Waals surface area (Å²) < 4.78 is 0. The summed E-state index contributed by atoms with van der Waals surface area (Å²) in [5.74, 6) is 5.85. The molecule has 1 aliphatic rings. The molecule has 4 heteroatoms. The van der Waals surface area contributed by atoms with Gasteiger partial charge in [0.1, 0.15) is 0 Å². The predicted molar refractivity (Wildman–Crippen MR) is 38.4 cm³/mol. The molecule has 54 valence electrons. The average Bonchev–Trinajstić information content (AvgIpc) is 2.42.